The van der Waals surface area contributed by atoms with Crippen LogP contribution in [0.15, 0.2) is 42.5 Å². The lowest BCUT2D eigenvalue weighted by molar-refractivity contribution is -0.118. The fourth-order valence-electron chi connectivity index (χ4n) is 2.37. The minimum Gasteiger partial charge on any atom is -0.332 e. The van der Waals surface area contributed by atoms with Crippen LogP contribution in [-0.2, 0) is 4.79 Å². The van der Waals surface area contributed by atoms with Gasteiger partial charge in [-0.2, -0.15) is 0 Å². The number of hydrogen-bond acceptors (Lipinski definition) is 3. The molecular weight excluding hydrogens is 346 g/mol. The van der Waals surface area contributed by atoms with Gasteiger partial charge in [-0.05, 0) is 62.5 Å². The number of aryl methyl sites for hydroxylation is 2. The van der Waals surface area contributed by atoms with Crippen LogP contribution in [0.3, 0.4) is 0 Å². The summed E-state index contributed by atoms with van der Waals surface area (Å²) in [4.78, 5) is 24.0. The molecule has 3 N–H and O–H groups in total. The summed E-state index contributed by atoms with van der Waals surface area (Å²) in [6, 6.07) is 12.8. The third-order valence-electron chi connectivity index (χ3n) is 3.65. The second-order valence-corrected chi connectivity index (χ2v) is 6.91. The summed E-state index contributed by atoms with van der Waals surface area (Å²) in [6.45, 7) is 7.56. The number of anilines is 2. The lowest BCUT2D eigenvalue weighted by Gasteiger charge is -2.12. The highest BCUT2D eigenvalue weighted by atomic mass is 32.1. The number of nitrogens with one attached hydrogen (secondary N) is 3. The molecule has 5 nitrogen and oxygen atoms in total. The number of carbonyl (C=O) groups is 2. The van der Waals surface area contributed by atoms with Crippen molar-refractivity contribution >= 4 is 40.5 Å². The van der Waals surface area contributed by atoms with Gasteiger partial charge in [-0.15, -0.1) is 0 Å². The zero-order valence-electron chi connectivity index (χ0n) is 15.3. The van der Waals surface area contributed by atoms with Crippen LogP contribution in [0, 0.1) is 19.8 Å². The number of amides is 2. The lowest BCUT2D eigenvalue weighted by Crippen LogP contribution is -2.34. The highest BCUT2D eigenvalue weighted by Gasteiger charge is 2.10. The van der Waals surface area contributed by atoms with Crippen LogP contribution in [0.5, 0.6) is 0 Å². The van der Waals surface area contributed by atoms with E-state index in [4.69, 9.17) is 12.2 Å². The summed E-state index contributed by atoms with van der Waals surface area (Å²) in [5, 5.41) is 8.67. The summed E-state index contributed by atoms with van der Waals surface area (Å²) in [5.74, 6) is -0.377. The summed E-state index contributed by atoms with van der Waals surface area (Å²) in [6.07, 6.45) is 0. The molecule has 0 fully saturated rings. The molecule has 2 rings (SSSR count). The van der Waals surface area contributed by atoms with E-state index < -0.39 is 0 Å². The zero-order chi connectivity index (χ0) is 19.3. The first-order chi connectivity index (χ1) is 12.2. The average molecular weight is 369 g/mol. The van der Waals surface area contributed by atoms with Crippen molar-refractivity contribution in [3.63, 3.8) is 0 Å². The van der Waals surface area contributed by atoms with Crippen molar-refractivity contribution in [2.45, 2.75) is 27.7 Å². The van der Waals surface area contributed by atoms with E-state index >= 15 is 0 Å². The molecule has 6 heteroatoms. The van der Waals surface area contributed by atoms with Crippen molar-refractivity contribution in [3.05, 3.63) is 59.2 Å². The summed E-state index contributed by atoms with van der Waals surface area (Å²) < 4.78 is 0. The average Bonchev–Trinajstić information content (AvgIpc) is 2.55. The quantitative estimate of drug-likeness (QED) is 0.712. The van der Waals surface area contributed by atoms with Gasteiger partial charge < -0.3 is 10.6 Å². The van der Waals surface area contributed by atoms with Gasteiger partial charge in [0, 0.05) is 22.9 Å². The van der Waals surface area contributed by atoms with E-state index in [1.165, 1.54) is 0 Å². The number of thiocarbonyl (C=S) groups is 1. The first-order valence-electron chi connectivity index (χ1n) is 8.36. The minimum absolute atomic E-state index is 0.0399. The zero-order valence-corrected chi connectivity index (χ0v) is 16.2. The maximum Gasteiger partial charge on any atom is 0.257 e. The van der Waals surface area contributed by atoms with E-state index in [1.807, 2.05) is 45.9 Å². The molecule has 2 amide bonds. The van der Waals surface area contributed by atoms with Gasteiger partial charge in [0.25, 0.3) is 5.91 Å². The van der Waals surface area contributed by atoms with E-state index in [1.54, 1.807) is 24.3 Å². The van der Waals surface area contributed by atoms with Crippen LogP contribution < -0.4 is 16.0 Å². The second kappa shape index (κ2) is 8.58. The van der Waals surface area contributed by atoms with E-state index in [9.17, 15) is 9.59 Å². The molecule has 0 aromatic heterocycles. The van der Waals surface area contributed by atoms with Gasteiger partial charge in [0.15, 0.2) is 5.11 Å². The van der Waals surface area contributed by atoms with Crippen LogP contribution in [0.2, 0.25) is 0 Å². The number of benzene rings is 2. The standard InChI is InChI=1S/C20H23N3O2S/c1-12(2)18(24)21-16-5-7-17(8-6-16)22-20(26)23-19(25)15-10-13(3)9-14(4)11-15/h5-12H,1-4H3,(H,21,24)(H2,22,23,25,26). The first kappa shape index (κ1) is 19.6. The van der Waals surface area contributed by atoms with Crippen molar-refractivity contribution in [3.8, 4) is 0 Å². The third kappa shape index (κ3) is 5.67. The Morgan fingerprint density at radius 3 is 1.88 bits per heavy atom. The predicted molar refractivity (Wildman–Crippen MR) is 110 cm³/mol. The monoisotopic (exact) mass is 369 g/mol. The highest BCUT2D eigenvalue weighted by Crippen LogP contribution is 2.14. The van der Waals surface area contributed by atoms with Crippen LogP contribution in [0.1, 0.15) is 35.3 Å². The molecule has 0 aliphatic rings. The van der Waals surface area contributed by atoms with Gasteiger partial charge in [-0.3, -0.25) is 14.9 Å². The maximum absolute atomic E-state index is 12.3. The molecule has 0 unspecified atom stereocenters. The number of rotatable bonds is 4. The van der Waals surface area contributed by atoms with Gasteiger partial charge in [-0.1, -0.05) is 31.0 Å². The Labute approximate surface area is 159 Å². The van der Waals surface area contributed by atoms with E-state index in [0.29, 0.717) is 11.3 Å². The molecule has 0 radical (unpaired) electrons. The smallest absolute Gasteiger partial charge is 0.257 e. The Hall–Kier alpha value is -2.73. The Balaban J connectivity index is 1.95. The lowest BCUT2D eigenvalue weighted by atomic mass is 10.1. The topological polar surface area (TPSA) is 70.2 Å². The van der Waals surface area contributed by atoms with Gasteiger partial charge in [-0.25, -0.2) is 0 Å². The maximum atomic E-state index is 12.3. The van der Waals surface area contributed by atoms with Crippen molar-refractivity contribution in [2.75, 3.05) is 10.6 Å². The minimum atomic E-state index is -0.255. The van der Waals surface area contributed by atoms with Crippen molar-refractivity contribution < 1.29 is 9.59 Å². The molecule has 2 aromatic carbocycles. The molecule has 0 heterocycles. The molecule has 0 saturated carbocycles. The van der Waals surface area contributed by atoms with E-state index in [2.05, 4.69) is 16.0 Å². The molecule has 0 aliphatic heterocycles. The predicted octanol–water partition coefficient (Wildman–Crippen LogP) is 4.02. The summed E-state index contributed by atoms with van der Waals surface area (Å²) in [7, 11) is 0. The van der Waals surface area contributed by atoms with Crippen molar-refractivity contribution in [1.82, 2.24) is 5.32 Å². The SMILES string of the molecule is Cc1cc(C)cc(C(=O)NC(=S)Nc2ccc(NC(=O)C(C)C)cc2)c1. The molecule has 26 heavy (non-hydrogen) atoms. The fraction of sp³-hybridized carbons (Fsp3) is 0.250. The van der Waals surface area contributed by atoms with Crippen molar-refractivity contribution in [1.29, 1.82) is 0 Å². The Kier molecular flexibility index (Phi) is 6.46. The molecule has 136 valence electrons. The number of carbonyl (C=O) groups excluding carboxylic acids is 2. The van der Waals surface area contributed by atoms with Gasteiger partial charge in [0.05, 0.1) is 0 Å². The van der Waals surface area contributed by atoms with E-state index in [-0.39, 0.29) is 22.8 Å². The van der Waals surface area contributed by atoms with Crippen LogP contribution in [0.25, 0.3) is 0 Å². The highest BCUT2D eigenvalue weighted by molar-refractivity contribution is 7.80. The normalized spacial score (nSPS) is 10.3. The van der Waals surface area contributed by atoms with Crippen LogP contribution >= 0.6 is 12.2 Å². The van der Waals surface area contributed by atoms with Gasteiger partial charge in [0.2, 0.25) is 5.91 Å². The molecule has 0 aliphatic carbocycles. The molecule has 0 bridgehead atoms. The largest absolute Gasteiger partial charge is 0.332 e. The second-order valence-electron chi connectivity index (χ2n) is 6.51. The van der Waals surface area contributed by atoms with E-state index in [0.717, 1.165) is 16.8 Å². The van der Waals surface area contributed by atoms with Crippen LogP contribution in [0.4, 0.5) is 11.4 Å². The van der Waals surface area contributed by atoms with Gasteiger partial charge in [0.1, 0.15) is 0 Å². The molecular formula is C20H23N3O2S. The fourth-order valence-corrected chi connectivity index (χ4v) is 2.58. The molecule has 0 saturated heterocycles. The molecule has 0 spiro atoms. The molecule has 0 atom stereocenters. The Morgan fingerprint density at radius 1 is 0.885 bits per heavy atom. The Bertz CT molecular complexity index is 809. The van der Waals surface area contributed by atoms with Crippen molar-refractivity contribution in [2.24, 2.45) is 5.92 Å². The van der Waals surface area contributed by atoms with Gasteiger partial charge >= 0.3 is 0 Å². The van der Waals surface area contributed by atoms with Crippen LogP contribution in [-0.4, -0.2) is 16.9 Å². The molecule has 2 aromatic rings. The first-order valence-corrected chi connectivity index (χ1v) is 8.77. The Morgan fingerprint density at radius 2 is 1.38 bits per heavy atom. The number of hydrogen-bond donors (Lipinski definition) is 3. The summed E-state index contributed by atoms with van der Waals surface area (Å²) in [5.41, 5.74) is 4.04. The summed E-state index contributed by atoms with van der Waals surface area (Å²) >= 11 is 5.20. The third-order valence-corrected chi connectivity index (χ3v) is 3.85.